The van der Waals surface area contributed by atoms with Gasteiger partial charge in [-0.3, -0.25) is 0 Å². The summed E-state index contributed by atoms with van der Waals surface area (Å²) in [5.41, 5.74) is 2.62. The van der Waals surface area contributed by atoms with Crippen LogP contribution in [0.5, 0.6) is 0 Å². The number of aromatic amines is 1. The summed E-state index contributed by atoms with van der Waals surface area (Å²) in [7, 11) is 0. The topological polar surface area (TPSA) is 42.8 Å². The minimum Gasteiger partial charge on any atom is -0.358 e. The second-order valence-electron chi connectivity index (χ2n) is 5.34. The van der Waals surface area contributed by atoms with Crippen molar-refractivity contribution in [2.24, 2.45) is 0 Å². The SMILES string of the molecule is N#CCCN1CCC(c2cc3ccccc3[nH]2)CC1. The zero-order valence-corrected chi connectivity index (χ0v) is 11.1. The highest BCUT2D eigenvalue weighted by Gasteiger charge is 2.21. The number of benzene rings is 1. The highest BCUT2D eigenvalue weighted by molar-refractivity contribution is 5.80. The summed E-state index contributed by atoms with van der Waals surface area (Å²) >= 11 is 0. The summed E-state index contributed by atoms with van der Waals surface area (Å²) in [5, 5.41) is 9.94. The van der Waals surface area contributed by atoms with E-state index in [4.69, 9.17) is 5.26 Å². The summed E-state index contributed by atoms with van der Waals surface area (Å²) in [6.45, 7) is 3.15. The van der Waals surface area contributed by atoms with Gasteiger partial charge in [0.05, 0.1) is 6.07 Å². The maximum atomic E-state index is 8.63. The third-order valence-electron chi connectivity index (χ3n) is 4.12. The molecule has 3 heteroatoms. The maximum absolute atomic E-state index is 8.63. The molecule has 0 spiro atoms. The van der Waals surface area contributed by atoms with E-state index in [1.807, 2.05) is 0 Å². The van der Waals surface area contributed by atoms with Gasteiger partial charge in [0.25, 0.3) is 0 Å². The maximum Gasteiger partial charge on any atom is 0.0635 e. The lowest BCUT2D eigenvalue weighted by Gasteiger charge is -2.30. The molecule has 0 aliphatic carbocycles. The number of piperidine rings is 1. The van der Waals surface area contributed by atoms with Crippen LogP contribution in [0.15, 0.2) is 30.3 Å². The average molecular weight is 253 g/mol. The Bertz CT molecular complexity index is 552. The number of para-hydroxylation sites is 1. The van der Waals surface area contributed by atoms with Crippen LogP contribution < -0.4 is 0 Å². The Kier molecular flexibility index (Phi) is 3.52. The number of fused-ring (bicyclic) bond motifs is 1. The van der Waals surface area contributed by atoms with Gasteiger partial charge in [0.2, 0.25) is 0 Å². The monoisotopic (exact) mass is 253 g/mol. The fourth-order valence-electron chi connectivity index (χ4n) is 2.99. The summed E-state index contributed by atoms with van der Waals surface area (Å²) in [6, 6.07) is 13.0. The molecule has 0 atom stereocenters. The van der Waals surface area contributed by atoms with Crippen molar-refractivity contribution in [1.29, 1.82) is 5.26 Å². The molecule has 2 heterocycles. The zero-order chi connectivity index (χ0) is 13.1. The van der Waals surface area contributed by atoms with Crippen LogP contribution in [0, 0.1) is 11.3 Å². The van der Waals surface area contributed by atoms with Crippen molar-refractivity contribution in [2.75, 3.05) is 19.6 Å². The lowest BCUT2D eigenvalue weighted by molar-refractivity contribution is 0.215. The molecule has 98 valence electrons. The Morgan fingerprint density at radius 2 is 2.05 bits per heavy atom. The quantitative estimate of drug-likeness (QED) is 0.912. The van der Waals surface area contributed by atoms with Crippen LogP contribution in [-0.4, -0.2) is 29.5 Å². The summed E-state index contributed by atoms with van der Waals surface area (Å²) in [4.78, 5) is 5.96. The standard InChI is InChI=1S/C16H19N3/c17-8-3-9-19-10-6-13(7-11-19)16-12-14-4-1-2-5-15(14)18-16/h1-2,4-5,12-13,18H,3,6-7,9-11H2. The van der Waals surface area contributed by atoms with Crippen molar-refractivity contribution in [2.45, 2.75) is 25.2 Å². The second-order valence-corrected chi connectivity index (χ2v) is 5.34. The largest absolute Gasteiger partial charge is 0.358 e. The van der Waals surface area contributed by atoms with Crippen LogP contribution in [0.1, 0.15) is 30.9 Å². The van der Waals surface area contributed by atoms with Gasteiger partial charge < -0.3 is 9.88 Å². The first-order chi connectivity index (χ1) is 9.36. The van der Waals surface area contributed by atoms with E-state index in [0.29, 0.717) is 12.3 Å². The highest BCUT2D eigenvalue weighted by atomic mass is 15.1. The van der Waals surface area contributed by atoms with Crippen molar-refractivity contribution < 1.29 is 0 Å². The number of nitriles is 1. The first-order valence-electron chi connectivity index (χ1n) is 7.04. The van der Waals surface area contributed by atoms with Crippen molar-refractivity contribution in [1.82, 2.24) is 9.88 Å². The lowest BCUT2D eigenvalue weighted by Crippen LogP contribution is -2.33. The molecule has 1 aromatic heterocycles. The van der Waals surface area contributed by atoms with E-state index < -0.39 is 0 Å². The van der Waals surface area contributed by atoms with E-state index >= 15 is 0 Å². The number of hydrogen-bond donors (Lipinski definition) is 1. The van der Waals surface area contributed by atoms with Gasteiger partial charge >= 0.3 is 0 Å². The first-order valence-corrected chi connectivity index (χ1v) is 7.04. The van der Waals surface area contributed by atoms with Gasteiger partial charge in [-0.05, 0) is 43.5 Å². The minimum atomic E-state index is 0.644. The number of likely N-dealkylation sites (tertiary alicyclic amines) is 1. The molecule has 3 rings (SSSR count). The van der Waals surface area contributed by atoms with Gasteiger partial charge in [-0.1, -0.05) is 18.2 Å². The molecule has 1 saturated heterocycles. The predicted octanol–water partition coefficient (Wildman–Crippen LogP) is 3.26. The minimum absolute atomic E-state index is 0.644. The van der Waals surface area contributed by atoms with Gasteiger partial charge in [-0.25, -0.2) is 0 Å². The molecule has 1 aliphatic rings. The normalized spacial score (nSPS) is 17.6. The smallest absolute Gasteiger partial charge is 0.0635 e. The molecular weight excluding hydrogens is 234 g/mol. The Morgan fingerprint density at radius 3 is 2.79 bits per heavy atom. The number of nitrogens with zero attached hydrogens (tertiary/aromatic N) is 2. The van der Waals surface area contributed by atoms with Gasteiger partial charge in [0, 0.05) is 30.1 Å². The third kappa shape index (κ3) is 2.64. The van der Waals surface area contributed by atoms with E-state index in [2.05, 4.69) is 46.3 Å². The van der Waals surface area contributed by atoms with Crippen LogP contribution in [0.4, 0.5) is 0 Å². The number of rotatable bonds is 3. The van der Waals surface area contributed by atoms with Crippen LogP contribution in [0.25, 0.3) is 10.9 Å². The molecule has 19 heavy (non-hydrogen) atoms. The molecule has 0 amide bonds. The van der Waals surface area contributed by atoms with Crippen molar-refractivity contribution in [3.63, 3.8) is 0 Å². The molecule has 0 radical (unpaired) electrons. The summed E-state index contributed by atoms with van der Waals surface area (Å²) < 4.78 is 0. The van der Waals surface area contributed by atoms with Crippen LogP contribution in [-0.2, 0) is 0 Å². The molecule has 0 saturated carbocycles. The first kappa shape index (κ1) is 12.3. The second kappa shape index (κ2) is 5.46. The Hall–Kier alpha value is -1.79. The highest BCUT2D eigenvalue weighted by Crippen LogP contribution is 2.29. The molecule has 1 aromatic carbocycles. The van der Waals surface area contributed by atoms with Crippen molar-refractivity contribution in [3.8, 4) is 6.07 Å². The average Bonchev–Trinajstić information content (AvgIpc) is 2.89. The molecule has 1 aliphatic heterocycles. The van der Waals surface area contributed by atoms with Gasteiger partial charge in [-0.2, -0.15) is 5.26 Å². The molecule has 3 nitrogen and oxygen atoms in total. The molecule has 1 fully saturated rings. The van der Waals surface area contributed by atoms with Gasteiger partial charge in [-0.15, -0.1) is 0 Å². The van der Waals surface area contributed by atoms with Crippen LogP contribution in [0.2, 0.25) is 0 Å². The summed E-state index contributed by atoms with van der Waals surface area (Å²) in [6.07, 6.45) is 3.04. The molecular formula is C16H19N3. The third-order valence-corrected chi connectivity index (χ3v) is 4.12. The predicted molar refractivity (Wildman–Crippen MR) is 76.9 cm³/mol. The Morgan fingerprint density at radius 1 is 1.26 bits per heavy atom. The molecule has 2 aromatic rings. The number of H-pyrrole nitrogens is 1. The van der Waals surface area contributed by atoms with E-state index in [-0.39, 0.29) is 0 Å². The van der Waals surface area contributed by atoms with E-state index in [9.17, 15) is 0 Å². The fraction of sp³-hybridized carbons (Fsp3) is 0.438. The number of hydrogen-bond acceptors (Lipinski definition) is 2. The van der Waals surface area contributed by atoms with E-state index in [1.165, 1.54) is 29.4 Å². The Labute approximate surface area is 113 Å². The molecule has 1 N–H and O–H groups in total. The van der Waals surface area contributed by atoms with Gasteiger partial charge in [0.1, 0.15) is 0 Å². The molecule has 0 unspecified atom stereocenters. The van der Waals surface area contributed by atoms with Crippen LogP contribution in [0.3, 0.4) is 0 Å². The van der Waals surface area contributed by atoms with Crippen molar-refractivity contribution >= 4 is 10.9 Å². The van der Waals surface area contributed by atoms with Crippen molar-refractivity contribution in [3.05, 3.63) is 36.0 Å². The lowest BCUT2D eigenvalue weighted by atomic mass is 9.93. The van der Waals surface area contributed by atoms with E-state index in [0.717, 1.165) is 19.6 Å². The molecule has 0 bridgehead atoms. The van der Waals surface area contributed by atoms with Crippen LogP contribution >= 0.6 is 0 Å². The number of aromatic nitrogens is 1. The fourth-order valence-corrected chi connectivity index (χ4v) is 2.99. The number of nitrogens with one attached hydrogen (secondary N) is 1. The summed E-state index contributed by atoms with van der Waals surface area (Å²) in [5.74, 6) is 0.644. The Balaban J connectivity index is 1.66. The zero-order valence-electron chi connectivity index (χ0n) is 11.1. The van der Waals surface area contributed by atoms with Gasteiger partial charge in [0.15, 0.2) is 0 Å². The van der Waals surface area contributed by atoms with E-state index in [1.54, 1.807) is 0 Å².